The first kappa shape index (κ1) is 14.1. The average Bonchev–Trinajstić information content (AvgIpc) is 2.71. The highest BCUT2D eigenvalue weighted by Crippen LogP contribution is 2.66. The van der Waals surface area contributed by atoms with Gasteiger partial charge in [-0.3, -0.25) is 10.1 Å². The lowest BCUT2D eigenvalue weighted by molar-refractivity contribution is -0.386. The first-order chi connectivity index (χ1) is 9.75. The van der Waals surface area contributed by atoms with Gasteiger partial charge in [-0.05, 0) is 36.7 Å². The van der Waals surface area contributed by atoms with E-state index in [0.717, 1.165) is 12.8 Å². The summed E-state index contributed by atoms with van der Waals surface area (Å²) in [5.41, 5.74) is 5.75. The molecule has 3 unspecified atom stereocenters. The van der Waals surface area contributed by atoms with Crippen LogP contribution in [0.2, 0.25) is 0 Å². The summed E-state index contributed by atoms with van der Waals surface area (Å²) in [6.07, 6.45) is 3.18. The van der Waals surface area contributed by atoms with E-state index in [9.17, 15) is 10.1 Å². The summed E-state index contributed by atoms with van der Waals surface area (Å²) in [5.74, 6) is 0.894. The highest BCUT2D eigenvalue weighted by atomic mass is 16.6. The Hall–Kier alpha value is -1.85. The molecule has 0 amide bonds. The molecule has 0 radical (unpaired) electrons. The molecule has 3 rings (SSSR count). The number of ether oxygens (including phenoxy) is 1. The van der Waals surface area contributed by atoms with Crippen LogP contribution in [0.25, 0.3) is 0 Å². The molecule has 6 nitrogen and oxygen atoms in total. The van der Waals surface area contributed by atoms with Gasteiger partial charge >= 0.3 is 5.69 Å². The molecule has 0 spiro atoms. The van der Waals surface area contributed by atoms with Gasteiger partial charge in [-0.1, -0.05) is 20.8 Å². The molecule has 21 heavy (non-hydrogen) atoms. The maximum Gasteiger partial charge on any atom is 0.331 e. The van der Waals surface area contributed by atoms with Crippen LogP contribution in [0.3, 0.4) is 0 Å². The van der Waals surface area contributed by atoms with Crippen molar-refractivity contribution in [3.63, 3.8) is 0 Å². The van der Waals surface area contributed by atoms with E-state index in [1.54, 1.807) is 0 Å². The van der Waals surface area contributed by atoms with Crippen LogP contribution >= 0.6 is 0 Å². The van der Waals surface area contributed by atoms with Crippen LogP contribution in [0.5, 0.6) is 5.88 Å². The second kappa shape index (κ2) is 4.32. The van der Waals surface area contributed by atoms with Gasteiger partial charge in [0.15, 0.2) is 0 Å². The number of nitrogens with two attached hydrogens (primary N) is 1. The second-order valence-electron chi connectivity index (χ2n) is 7.03. The number of nitrogens with zero attached hydrogens (tertiary/aromatic N) is 2. The molecule has 1 heterocycles. The third-order valence-electron chi connectivity index (χ3n) is 6.03. The molecule has 2 aliphatic carbocycles. The lowest BCUT2D eigenvalue weighted by Crippen LogP contribution is -2.39. The highest BCUT2D eigenvalue weighted by Gasteiger charge is 2.62. The minimum atomic E-state index is -0.470. The smallest absolute Gasteiger partial charge is 0.331 e. The number of anilines is 1. The van der Waals surface area contributed by atoms with Crippen molar-refractivity contribution in [2.75, 3.05) is 5.73 Å². The van der Waals surface area contributed by atoms with Crippen LogP contribution in [-0.2, 0) is 0 Å². The van der Waals surface area contributed by atoms with Gasteiger partial charge in [0.05, 0.1) is 4.92 Å². The number of hydrogen-bond acceptors (Lipinski definition) is 5. The Morgan fingerprint density at radius 1 is 1.43 bits per heavy atom. The molecule has 2 aliphatic rings. The van der Waals surface area contributed by atoms with Gasteiger partial charge in [0, 0.05) is 11.5 Å². The van der Waals surface area contributed by atoms with Crippen molar-refractivity contribution in [1.29, 1.82) is 0 Å². The quantitative estimate of drug-likeness (QED) is 0.682. The molecule has 1 aromatic rings. The van der Waals surface area contributed by atoms with Crippen LogP contribution in [0, 0.1) is 26.9 Å². The normalized spacial score (nSPS) is 33.1. The molecule has 2 bridgehead atoms. The van der Waals surface area contributed by atoms with Crippen molar-refractivity contribution in [3.8, 4) is 5.88 Å². The standard InChI is InChI=1S/C15H21N3O3/c1-14(2)9-6-7-15(14,3)11(8-9)21-13-10(18(19)20)4-5-12(16)17-13/h4-5,9,11H,6-8H2,1-3H3,(H2,16,17). The van der Waals surface area contributed by atoms with E-state index in [-0.39, 0.29) is 34.3 Å². The lowest BCUT2D eigenvalue weighted by Gasteiger charge is -2.38. The Bertz CT molecular complexity index is 602. The summed E-state index contributed by atoms with van der Waals surface area (Å²) in [7, 11) is 0. The SMILES string of the molecule is CC1(C)C2CCC1(C)C(Oc1nc(N)ccc1[N+](=O)[O-])C2. The Morgan fingerprint density at radius 2 is 2.14 bits per heavy atom. The molecule has 2 fully saturated rings. The molecule has 3 atom stereocenters. The molecule has 2 N–H and O–H groups in total. The minimum absolute atomic E-state index is 0.0256. The second-order valence-corrected chi connectivity index (χ2v) is 7.03. The molecule has 0 saturated heterocycles. The molecule has 114 valence electrons. The zero-order valence-corrected chi connectivity index (χ0v) is 12.6. The van der Waals surface area contributed by atoms with Crippen LogP contribution in [0.15, 0.2) is 12.1 Å². The fourth-order valence-electron chi connectivity index (χ4n) is 4.12. The first-order valence-electron chi connectivity index (χ1n) is 7.33. The lowest BCUT2D eigenvalue weighted by atomic mass is 9.70. The highest BCUT2D eigenvalue weighted by molar-refractivity contribution is 5.47. The first-order valence-corrected chi connectivity index (χ1v) is 7.33. The molecule has 2 saturated carbocycles. The monoisotopic (exact) mass is 291 g/mol. The number of nitro groups is 1. The maximum absolute atomic E-state index is 11.1. The number of aromatic nitrogens is 1. The van der Waals surface area contributed by atoms with E-state index in [2.05, 4.69) is 25.8 Å². The summed E-state index contributed by atoms with van der Waals surface area (Å²) in [4.78, 5) is 14.7. The summed E-state index contributed by atoms with van der Waals surface area (Å²) in [6, 6.07) is 2.79. The van der Waals surface area contributed by atoms with Gasteiger partial charge in [0.2, 0.25) is 0 Å². The van der Waals surface area contributed by atoms with E-state index in [4.69, 9.17) is 10.5 Å². The summed E-state index contributed by atoms with van der Waals surface area (Å²) in [6.45, 7) is 6.77. The van der Waals surface area contributed by atoms with Crippen LogP contribution < -0.4 is 10.5 Å². The number of pyridine rings is 1. The minimum Gasteiger partial charge on any atom is -0.469 e. The summed E-state index contributed by atoms with van der Waals surface area (Å²) >= 11 is 0. The molecule has 0 aromatic carbocycles. The molecule has 6 heteroatoms. The fraction of sp³-hybridized carbons (Fsp3) is 0.667. The van der Waals surface area contributed by atoms with Gasteiger partial charge < -0.3 is 10.5 Å². The van der Waals surface area contributed by atoms with Crippen molar-refractivity contribution in [2.45, 2.75) is 46.1 Å². The summed E-state index contributed by atoms with van der Waals surface area (Å²) in [5, 5.41) is 11.1. The van der Waals surface area contributed by atoms with Crippen molar-refractivity contribution in [3.05, 3.63) is 22.2 Å². The number of fused-ring (bicyclic) bond motifs is 2. The average molecular weight is 291 g/mol. The van der Waals surface area contributed by atoms with Crippen LogP contribution in [-0.4, -0.2) is 16.0 Å². The molecular weight excluding hydrogens is 270 g/mol. The number of rotatable bonds is 3. The number of nitrogen functional groups attached to an aromatic ring is 1. The van der Waals surface area contributed by atoms with Gasteiger partial charge in [0.25, 0.3) is 5.88 Å². The van der Waals surface area contributed by atoms with E-state index in [0.29, 0.717) is 5.92 Å². The predicted molar refractivity (Wildman–Crippen MR) is 78.9 cm³/mol. The fourth-order valence-corrected chi connectivity index (χ4v) is 4.12. The zero-order chi connectivity index (χ0) is 15.4. The van der Waals surface area contributed by atoms with Gasteiger partial charge in [0.1, 0.15) is 11.9 Å². The van der Waals surface area contributed by atoms with Crippen molar-refractivity contribution in [2.24, 2.45) is 16.7 Å². The third kappa shape index (κ3) is 1.88. The van der Waals surface area contributed by atoms with Gasteiger partial charge in [-0.15, -0.1) is 0 Å². The molecular formula is C15H21N3O3. The molecule has 1 aromatic heterocycles. The van der Waals surface area contributed by atoms with Crippen LogP contribution in [0.4, 0.5) is 11.5 Å². The van der Waals surface area contributed by atoms with Crippen LogP contribution in [0.1, 0.15) is 40.0 Å². The zero-order valence-electron chi connectivity index (χ0n) is 12.6. The predicted octanol–water partition coefficient (Wildman–Crippen LogP) is 3.17. The summed E-state index contributed by atoms with van der Waals surface area (Å²) < 4.78 is 5.99. The van der Waals surface area contributed by atoms with Crippen molar-refractivity contribution in [1.82, 2.24) is 4.98 Å². The Kier molecular flexibility index (Phi) is 2.90. The van der Waals surface area contributed by atoms with E-state index in [1.165, 1.54) is 18.6 Å². The third-order valence-corrected chi connectivity index (χ3v) is 6.03. The number of hydrogen-bond donors (Lipinski definition) is 1. The van der Waals surface area contributed by atoms with Gasteiger partial charge in [-0.2, -0.15) is 4.98 Å². The molecule has 0 aliphatic heterocycles. The van der Waals surface area contributed by atoms with E-state index >= 15 is 0 Å². The largest absolute Gasteiger partial charge is 0.469 e. The topological polar surface area (TPSA) is 91.3 Å². The van der Waals surface area contributed by atoms with Crippen molar-refractivity contribution < 1.29 is 9.66 Å². The van der Waals surface area contributed by atoms with Crippen molar-refractivity contribution >= 4 is 11.5 Å². The van der Waals surface area contributed by atoms with Gasteiger partial charge in [-0.25, -0.2) is 0 Å². The van der Waals surface area contributed by atoms with E-state index in [1.807, 2.05) is 0 Å². The Labute approximate surface area is 123 Å². The van der Waals surface area contributed by atoms with E-state index < -0.39 is 4.92 Å². The Balaban J connectivity index is 1.92. The maximum atomic E-state index is 11.1. The Morgan fingerprint density at radius 3 is 2.67 bits per heavy atom.